The number of amides is 1. The summed E-state index contributed by atoms with van der Waals surface area (Å²) in [4.78, 5) is 41.9. The van der Waals surface area contributed by atoms with Gasteiger partial charge in [-0.25, -0.2) is 9.78 Å². The molecule has 0 saturated heterocycles. The van der Waals surface area contributed by atoms with Crippen molar-refractivity contribution in [3.8, 4) is 0 Å². The number of nitrogens with one attached hydrogen (secondary N) is 1. The number of hydrogen-bond donors (Lipinski definition) is 1. The third kappa shape index (κ3) is 5.15. The van der Waals surface area contributed by atoms with Crippen molar-refractivity contribution in [2.45, 2.75) is 33.3 Å². The zero-order valence-corrected chi connectivity index (χ0v) is 19.2. The number of carbonyl (C=O) groups excluding carboxylic acids is 2. The van der Waals surface area contributed by atoms with Gasteiger partial charge in [-0.15, -0.1) is 0 Å². The fourth-order valence-electron chi connectivity index (χ4n) is 3.08. The van der Waals surface area contributed by atoms with Crippen LogP contribution in [0.4, 0.5) is 5.69 Å². The summed E-state index contributed by atoms with van der Waals surface area (Å²) in [6, 6.07) is 15.0. The smallest absolute Gasteiger partial charge is 0.338 e. The Balaban J connectivity index is 1.40. The van der Waals surface area contributed by atoms with Crippen LogP contribution in [0.5, 0.6) is 0 Å². The minimum Gasteiger partial charge on any atom is -0.456 e. The lowest BCUT2D eigenvalue weighted by atomic mass is 10.1. The molecular formula is C24H22N4O4S. The second-order valence-corrected chi connectivity index (χ2v) is 8.84. The van der Waals surface area contributed by atoms with Crippen LogP contribution in [-0.4, -0.2) is 26.5 Å². The molecule has 0 aliphatic heterocycles. The number of carbonyl (C=O) groups is 2. The topological polar surface area (TPSA) is 103 Å². The summed E-state index contributed by atoms with van der Waals surface area (Å²) in [6.07, 6.45) is 0. The first-order valence-electron chi connectivity index (χ1n) is 10.3. The lowest BCUT2D eigenvalue weighted by Crippen LogP contribution is -2.17. The highest BCUT2D eigenvalue weighted by Crippen LogP contribution is 2.20. The van der Waals surface area contributed by atoms with E-state index in [1.165, 1.54) is 21.9 Å². The Kier molecular flexibility index (Phi) is 6.32. The second-order valence-electron chi connectivity index (χ2n) is 7.85. The normalized spacial score (nSPS) is 11.0. The Bertz CT molecular complexity index is 1390. The molecule has 33 heavy (non-hydrogen) atoms. The van der Waals surface area contributed by atoms with Gasteiger partial charge in [-0.3, -0.25) is 9.59 Å². The second kappa shape index (κ2) is 9.33. The summed E-state index contributed by atoms with van der Waals surface area (Å²) in [6.45, 7) is 5.77. The van der Waals surface area contributed by atoms with E-state index in [0.29, 0.717) is 27.5 Å². The van der Waals surface area contributed by atoms with E-state index in [0.717, 1.165) is 10.6 Å². The molecule has 0 aliphatic carbocycles. The third-order valence-electron chi connectivity index (χ3n) is 4.82. The molecule has 0 spiro atoms. The summed E-state index contributed by atoms with van der Waals surface area (Å²) in [5.41, 5.74) is 2.47. The number of aryl methyl sites for hydroxylation is 1. The molecule has 0 atom stereocenters. The molecule has 0 unspecified atom stereocenters. The number of anilines is 1. The number of fused-ring (bicyclic) bond motifs is 1. The molecule has 168 valence electrons. The zero-order chi connectivity index (χ0) is 23.5. The summed E-state index contributed by atoms with van der Waals surface area (Å²) in [5, 5.41) is 7.88. The molecule has 4 aromatic rings. The van der Waals surface area contributed by atoms with Crippen LogP contribution in [0.15, 0.2) is 59.4 Å². The number of aromatic nitrogens is 3. The predicted octanol–water partition coefficient (Wildman–Crippen LogP) is 4.19. The van der Waals surface area contributed by atoms with Gasteiger partial charge in [0.2, 0.25) is 4.96 Å². The first-order valence-corrected chi connectivity index (χ1v) is 11.2. The molecule has 0 radical (unpaired) electrons. The number of esters is 1. The highest BCUT2D eigenvalue weighted by atomic mass is 32.1. The molecule has 2 heterocycles. The van der Waals surface area contributed by atoms with Crippen molar-refractivity contribution < 1.29 is 14.3 Å². The van der Waals surface area contributed by atoms with Crippen LogP contribution >= 0.6 is 11.3 Å². The van der Waals surface area contributed by atoms with Crippen LogP contribution in [0.3, 0.4) is 0 Å². The van der Waals surface area contributed by atoms with Gasteiger partial charge in [0.1, 0.15) is 11.6 Å². The van der Waals surface area contributed by atoms with Crippen molar-refractivity contribution in [2.24, 2.45) is 0 Å². The number of ether oxygens (including phenoxy) is 1. The molecule has 0 bridgehead atoms. The van der Waals surface area contributed by atoms with Crippen LogP contribution in [0.2, 0.25) is 0 Å². The van der Waals surface area contributed by atoms with Crippen LogP contribution in [0, 0.1) is 6.92 Å². The highest BCUT2D eigenvalue weighted by Gasteiger charge is 2.14. The fourth-order valence-corrected chi connectivity index (χ4v) is 4.01. The van der Waals surface area contributed by atoms with Gasteiger partial charge in [0.25, 0.3) is 11.5 Å². The van der Waals surface area contributed by atoms with E-state index in [1.807, 2.05) is 32.9 Å². The Labute approximate surface area is 193 Å². The van der Waals surface area contributed by atoms with E-state index in [-0.39, 0.29) is 24.0 Å². The minimum absolute atomic E-state index is 0.134. The van der Waals surface area contributed by atoms with E-state index in [4.69, 9.17) is 4.74 Å². The maximum atomic E-state index is 12.4. The molecule has 1 amide bonds. The number of benzene rings is 2. The van der Waals surface area contributed by atoms with E-state index < -0.39 is 5.97 Å². The molecule has 9 heteroatoms. The SMILES string of the molecule is Cc1cccc(C(=O)Nc2ccc(C(=O)OCc3cc(=O)n4nc(C(C)C)sc4n3)cc2)c1. The highest BCUT2D eigenvalue weighted by molar-refractivity contribution is 7.16. The van der Waals surface area contributed by atoms with Gasteiger partial charge in [-0.1, -0.05) is 42.9 Å². The van der Waals surface area contributed by atoms with Crippen LogP contribution < -0.4 is 10.9 Å². The molecule has 4 rings (SSSR count). The van der Waals surface area contributed by atoms with Crippen molar-refractivity contribution in [1.82, 2.24) is 14.6 Å². The van der Waals surface area contributed by atoms with Crippen molar-refractivity contribution in [3.05, 3.63) is 92.3 Å². The average Bonchev–Trinajstić information content (AvgIpc) is 3.23. The molecule has 0 aliphatic rings. The van der Waals surface area contributed by atoms with Gasteiger partial charge in [0.15, 0.2) is 0 Å². The van der Waals surface area contributed by atoms with E-state index >= 15 is 0 Å². The van der Waals surface area contributed by atoms with E-state index in [1.54, 1.807) is 36.4 Å². The quantitative estimate of drug-likeness (QED) is 0.431. The number of nitrogens with zero attached hydrogens (tertiary/aromatic N) is 3. The molecular weight excluding hydrogens is 440 g/mol. The average molecular weight is 463 g/mol. The summed E-state index contributed by atoms with van der Waals surface area (Å²) in [7, 11) is 0. The third-order valence-corrected chi connectivity index (χ3v) is 6.03. The van der Waals surface area contributed by atoms with Gasteiger partial charge in [0.05, 0.1) is 11.3 Å². The molecule has 2 aromatic carbocycles. The lowest BCUT2D eigenvalue weighted by Gasteiger charge is -2.08. The van der Waals surface area contributed by atoms with Gasteiger partial charge >= 0.3 is 5.97 Å². The lowest BCUT2D eigenvalue weighted by molar-refractivity contribution is 0.0467. The molecule has 8 nitrogen and oxygen atoms in total. The van der Waals surface area contributed by atoms with E-state index in [9.17, 15) is 14.4 Å². The van der Waals surface area contributed by atoms with Gasteiger partial charge < -0.3 is 10.1 Å². The Hall–Kier alpha value is -3.85. The number of rotatable bonds is 6. The number of hydrogen-bond acceptors (Lipinski definition) is 7. The Morgan fingerprint density at radius 2 is 1.85 bits per heavy atom. The fraction of sp³-hybridized carbons (Fsp3) is 0.208. The maximum absolute atomic E-state index is 12.4. The first-order chi connectivity index (χ1) is 15.8. The summed E-state index contributed by atoms with van der Waals surface area (Å²) >= 11 is 1.34. The molecule has 0 fully saturated rings. The van der Waals surface area contributed by atoms with Crippen molar-refractivity contribution in [3.63, 3.8) is 0 Å². The first kappa shape index (κ1) is 22.3. The monoisotopic (exact) mass is 462 g/mol. The largest absolute Gasteiger partial charge is 0.456 e. The molecule has 0 saturated carbocycles. The molecule has 2 aromatic heterocycles. The van der Waals surface area contributed by atoms with E-state index in [2.05, 4.69) is 15.4 Å². The van der Waals surface area contributed by atoms with Gasteiger partial charge in [-0.05, 0) is 43.3 Å². The standard InChI is InChI=1S/C24H22N4O4S/c1-14(2)22-27-28-20(29)12-19(26-24(28)33-22)13-32-23(31)16-7-9-18(10-8-16)25-21(30)17-6-4-5-15(3)11-17/h4-12,14H,13H2,1-3H3,(H,25,30). The summed E-state index contributed by atoms with van der Waals surface area (Å²) < 4.78 is 6.58. The zero-order valence-electron chi connectivity index (χ0n) is 18.4. The van der Waals surface area contributed by atoms with Crippen molar-refractivity contribution in [1.29, 1.82) is 0 Å². The van der Waals surface area contributed by atoms with Gasteiger partial charge in [0, 0.05) is 23.2 Å². The van der Waals surface area contributed by atoms with Crippen LogP contribution in [0.1, 0.15) is 56.7 Å². The minimum atomic E-state index is -0.555. The van der Waals surface area contributed by atoms with Crippen molar-refractivity contribution >= 4 is 33.9 Å². The van der Waals surface area contributed by atoms with Crippen LogP contribution in [-0.2, 0) is 11.3 Å². The van der Waals surface area contributed by atoms with Crippen molar-refractivity contribution in [2.75, 3.05) is 5.32 Å². The molecule has 1 N–H and O–H groups in total. The summed E-state index contributed by atoms with van der Waals surface area (Å²) in [5.74, 6) is -0.604. The predicted molar refractivity (Wildman–Crippen MR) is 126 cm³/mol. The maximum Gasteiger partial charge on any atom is 0.338 e. The van der Waals surface area contributed by atoms with Crippen LogP contribution in [0.25, 0.3) is 4.96 Å². The Morgan fingerprint density at radius 3 is 2.55 bits per heavy atom. The van der Waals surface area contributed by atoms with Gasteiger partial charge in [-0.2, -0.15) is 9.61 Å². The Morgan fingerprint density at radius 1 is 1.09 bits per heavy atom.